The molecule has 1 aliphatic rings. The van der Waals surface area contributed by atoms with E-state index in [1.165, 1.54) is 17.0 Å². The molecule has 2 aromatic rings. The number of halogens is 2. The highest BCUT2D eigenvalue weighted by Gasteiger charge is 2.43. The van der Waals surface area contributed by atoms with Gasteiger partial charge in [-0.1, -0.05) is 18.2 Å². The van der Waals surface area contributed by atoms with Gasteiger partial charge in [0.2, 0.25) is 0 Å². The van der Waals surface area contributed by atoms with Gasteiger partial charge in [0.1, 0.15) is 0 Å². The Balaban J connectivity index is 1.51. The number of nitrogens with one attached hydrogen (secondary N) is 1. The summed E-state index contributed by atoms with van der Waals surface area (Å²) in [5.74, 6) is 0.985. The first-order valence-electron chi connectivity index (χ1n) is 6.44. The van der Waals surface area contributed by atoms with E-state index in [0.29, 0.717) is 0 Å². The maximum absolute atomic E-state index is 12.9. The molecule has 1 heterocycles. The van der Waals surface area contributed by atoms with Crippen molar-refractivity contribution < 1.29 is 18.3 Å². The van der Waals surface area contributed by atoms with Crippen LogP contribution in [0, 0.1) is 0 Å². The zero-order chi connectivity index (χ0) is 14.7. The highest BCUT2D eigenvalue weighted by molar-refractivity contribution is 7.99. The van der Waals surface area contributed by atoms with Crippen LogP contribution in [0.3, 0.4) is 0 Å². The lowest BCUT2D eigenvalue weighted by Gasteiger charge is -2.07. The summed E-state index contributed by atoms with van der Waals surface area (Å²) in [5, 5.41) is 3.17. The minimum atomic E-state index is -3.57. The first kappa shape index (κ1) is 14.0. The number of rotatable bonds is 5. The minimum Gasteiger partial charge on any atom is -0.395 e. The van der Waals surface area contributed by atoms with Crippen LogP contribution >= 0.6 is 11.8 Å². The largest absolute Gasteiger partial charge is 0.586 e. The number of benzene rings is 2. The van der Waals surface area contributed by atoms with Gasteiger partial charge in [-0.15, -0.1) is 20.5 Å². The van der Waals surface area contributed by atoms with Crippen LogP contribution in [0.1, 0.15) is 0 Å². The molecule has 0 saturated heterocycles. The fraction of sp³-hybridized carbons (Fsp3) is 0.200. The Morgan fingerprint density at radius 1 is 1.00 bits per heavy atom. The highest BCUT2D eigenvalue weighted by Crippen LogP contribution is 2.42. The number of alkyl halides is 2. The van der Waals surface area contributed by atoms with E-state index in [1.54, 1.807) is 17.8 Å². The van der Waals surface area contributed by atoms with Crippen molar-refractivity contribution in [3.63, 3.8) is 0 Å². The molecule has 0 spiro atoms. The van der Waals surface area contributed by atoms with Gasteiger partial charge in [0.15, 0.2) is 11.5 Å². The van der Waals surface area contributed by atoms with Crippen molar-refractivity contribution >= 4 is 17.4 Å². The molecule has 0 bridgehead atoms. The quantitative estimate of drug-likeness (QED) is 0.662. The normalized spacial score (nSPS) is 15.0. The van der Waals surface area contributed by atoms with Gasteiger partial charge < -0.3 is 14.8 Å². The Morgan fingerprint density at radius 2 is 1.76 bits per heavy atom. The van der Waals surface area contributed by atoms with Crippen molar-refractivity contribution in [1.82, 2.24) is 0 Å². The average Bonchev–Trinajstić information content (AvgIpc) is 2.78. The van der Waals surface area contributed by atoms with E-state index in [4.69, 9.17) is 0 Å². The van der Waals surface area contributed by atoms with Gasteiger partial charge in [-0.3, -0.25) is 0 Å². The lowest BCUT2D eigenvalue weighted by molar-refractivity contribution is -0.286. The molecule has 21 heavy (non-hydrogen) atoms. The van der Waals surface area contributed by atoms with E-state index in [2.05, 4.69) is 14.8 Å². The summed E-state index contributed by atoms with van der Waals surface area (Å²) in [6, 6.07) is 14.7. The van der Waals surface area contributed by atoms with Crippen molar-refractivity contribution in [1.29, 1.82) is 0 Å². The molecule has 2 aromatic carbocycles. The summed E-state index contributed by atoms with van der Waals surface area (Å²) in [6.45, 7) is 0.718. The van der Waals surface area contributed by atoms with Gasteiger partial charge in [0.05, 0.1) is 0 Å². The predicted octanol–water partition coefficient (Wildman–Crippen LogP) is 4.21. The molecule has 0 saturated carbocycles. The Bertz CT molecular complexity index is 622. The van der Waals surface area contributed by atoms with E-state index < -0.39 is 6.29 Å². The Kier molecular flexibility index (Phi) is 3.88. The second-order valence-electron chi connectivity index (χ2n) is 4.42. The van der Waals surface area contributed by atoms with Crippen molar-refractivity contribution in [2.75, 3.05) is 17.6 Å². The molecule has 0 atom stereocenters. The third kappa shape index (κ3) is 3.58. The topological polar surface area (TPSA) is 30.5 Å². The molecule has 1 aliphatic heterocycles. The van der Waals surface area contributed by atoms with Crippen molar-refractivity contribution in [2.24, 2.45) is 0 Å². The lowest BCUT2D eigenvalue weighted by atomic mass is 10.3. The summed E-state index contributed by atoms with van der Waals surface area (Å²) in [4.78, 5) is 1.20. The summed E-state index contributed by atoms with van der Waals surface area (Å²) in [7, 11) is 0. The summed E-state index contributed by atoms with van der Waals surface area (Å²) < 4.78 is 34.5. The molecule has 0 unspecified atom stereocenters. The van der Waals surface area contributed by atoms with E-state index >= 15 is 0 Å². The van der Waals surface area contributed by atoms with Crippen LogP contribution in [-0.2, 0) is 0 Å². The molecule has 3 nitrogen and oxygen atoms in total. The summed E-state index contributed by atoms with van der Waals surface area (Å²) >= 11 is 1.73. The number of hydrogen-bond donors (Lipinski definition) is 1. The van der Waals surface area contributed by atoms with Gasteiger partial charge in [-0.25, -0.2) is 0 Å². The predicted molar refractivity (Wildman–Crippen MR) is 78.3 cm³/mol. The number of ether oxygens (including phenoxy) is 2. The second-order valence-corrected chi connectivity index (χ2v) is 5.59. The molecule has 110 valence electrons. The van der Waals surface area contributed by atoms with Gasteiger partial charge in [-0.2, -0.15) is 0 Å². The molecule has 1 N–H and O–H groups in total. The molecular formula is C15H13F2NO2S. The number of fused-ring (bicyclic) bond motifs is 1. The Labute approximate surface area is 125 Å². The maximum Gasteiger partial charge on any atom is 0.586 e. The van der Waals surface area contributed by atoms with Crippen molar-refractivity contribution in [2.45, 2.75) is 11.2 Å². The van der Waals surface area contributed by atoms with Crippen molar-refractivity contribution in [3.05, 3.63) is 48.5 Å². The van der Waals surface area contributed by atoms with E-state index in [9.17, 15) is 8.78 Å². The van der Waals surface area contributed by atoms with Crippen molar-refractivity contribution in [3.8, 4) is 11.5 Å². The molecule has 0 aromatic heterocycles. The smallest absolute Gasteiger partial charge is 0.395 e. The Morgan fingerprint density at radius 3 is 2.57 bits per heavy atom. The zero-order valence-electron chi connectivity index (χ0n) is 11.0. The molecule has 0 amide bonds. The molecule has 0 aliphatic carbocycles. The van der Waals surface area contributed by atoms with Crippen LogP contribution in [0.4, 0.5) is 14.5 Å². The second kappa shape index (κ2) is 5.81. The zero-order valence-corrected chi connectivity index (χ0v) is 11.8. The monoisotopic (exact) mass is 309 g/mol. The average molecular weight is 309 g/mol. The van der Waals surface area contributed by atoms with Crippen LogP contribution in [0.15, 0.2) is 53.4 Å². The van der Waals surface area contributed by atoms with Crippen LogP contribution in [0.25, 0.3) is 0 Å². The summed E-state index contributed by atoms with van der Waals surface area (Å²) in [6.07, 6.45) is -3.57. The van der Waals surface area contributed by atoms with Crippen LogP contribution in [-0.4, -0.2) is 18.6 Å². The molecule has 6 heteroatoms. The Hall–Kier alpha value is -1.95. The standard InChI is InChI=1S/C15H13F2NO2S/c16-15(17)19-13-7-6-11(10-14(13)20-15)18-8-9-21-12-4-2-1-3-5-12/h1-7,10,18H,8-9H2. The molecule has 0 radical (unpaired) electrons. The van der Waals surface area contributed by atoms with Gasteiger partial charge in [0, 0.05) is 28.9 Å². The number of anilines is 1. The molecular weight excluding hydrogens is 296 g/mol. The van der Waals surface area contributed by atoms with Crippen LogP contribution in [0.2, 0.25) is 0 Å². The number of thioether (sulfide) groups is 1. The SMILES string of the molecule is FC1(F)Oc2ccc(NCCSc3ccccc3)cc2O1. The van der Waals surface area contributed by atoms with E-state index in [0.717, 1.165) is 18.0 Å². The van der Waals surface area contributed by atoms with E-state index in [-0.39, 0.29) is 11.5 Å². The van der Waals surface area contributed by atoms with Crippen LogP contribution in [0.5, 0.6) is 11.5 Å². The highest BCUT2D eigenvalue weighted by atomic mass is 32.2. The minimum absolute atomic E-state index is 0.0562. The maximum atomic E-state index is 12.9. The number of hydrogen-bond acceptors (Lipinski definition) is 4. The fourth-order valence-electron chi connectivity index (χ4n) is 1.94. The first-order chi connectivity index (χ1) is 10.1. The summed E-state index contributed by atoms with van der Waals surface area (Å²) in [5.41, 5.74) is 0.726. The molecule has 3 rings (SSSR count). The first-order valence-corrected chi connectivity index (χ1v) is 7.43. The lowest BCUT2D eigenvalue weighted by Crippen LogP contribution is -2.25. The fourth-order valence-corrected chi connectivity index (χ4v) is 2.73. The van der Waals surface area contributed by atoms with Gasteiger partial charge in [-0.05, 0) is 24.3 Å². The van der Waals surface area contributed by atoms with E-state index in [1.807, 2.05) is 30.3 Å². The third-order valence-electron chi connectivity index (χ3n) is 2.84. The van der Waals surface area contributed by atoms with Gasteiger partial charge >= 0.3 is 6.29 Å². The molecule has 0 fully saturated rings. The third-order valence-corrected chi connectivity index (χ3v) is 3.86. The van der Waals surface area contributed by atoms with Gasteiger partial charge in [0.25, 0.3) is 0 Å². The van der Waals surface area contributed by atoms with Crippen LogP contribution < -0.4 is 14.8 Å².